The van der Waals surface area contributed by atoms with Crippen LogP contribution in [0.3, 0.4) is 0 Å². The molecule has 0 spiro atoms. The number of fused-ring (bicyclic) bond motifs is 1. The van der Waals surface area contributed by atoms with Gasteiger partial charge in [-0.15, -0.1) is 0 Å². The van der Waals surface area contributed by atoms with Gasteiger partial charge in [-0.3, -0.25) is 0 Å². The monoisotopic (exact) mass is 250 g/mol. The number of nitrogens with one attached hydrogen (secondary N) is 2. The summed E-state index contributed by atoms with van der Waals surface area (Å²) in [6.07, 6.45) is 0. The average molecular weight is 250 g/mol. The molecule has 2 rings (SSSR count). The summed E-state index contributed by atoms with van der Waals surface area (Å²) in [6, 6.07) is 4.33. The zero-order valence-corrected chi connectivity index (χ0v) is 11.7. The molecule has 4 heteroatoms. The predicted octanol–water partition coefficient (Wildman–Crippen LogP) is 1.42. The molecule has 0 unspecified atom stereocenters. The summed E-state index contributed by atoms with van der Waals surface area (Å²) in [5.74, 6) is 1.10. The first-order chi connectivity index (χ1) is 8.06. The molecule has 17 heavy (non-hydrogen) atoms. The molecule has 0 saturated heterocycles. The van der Waals surface area contributed by atoms with Crippen molar-refractivity contribution >= 4 is 22.8 Å². The third kappa shape index (κ3) is 3.01. The molecule has 2 N–H and O–H groups in total. The number of hydrogen-bond donors (Lipinski definition) is 2. The summed E-state index contributed by atoms with van der Waals surface area (Å²) < 4.78 is 0. The van der Waals surface area contributed by atoms with Crippen molar-refractivity contribution in [3.8, 4) is 0 Å². The van der Waals surface area contributed by atoms with Gasteiger partial charge in [-0.2, -0.15) is 0 Å². The van der Waals surface area contributed by atoms with E-state index in [9.17, 15) is 0 Å². The fraction of sp³-hybridized carbons (Fsp3) is 0.462. The van der Waals surface area contributed by atoms with Crippen molar-refractivity contribution < 1.29 is 4.90 Å². The molecule has 0 aliphatic rings. The Morgan fingerprint density at radius 1 is 1.24 bits per heavy atom. The van der Waals surface area contributed by atoms with E-state index < -0.39 is 0 Å². The Kier molecular flexibility index (Phi) is 3.74. The topological polar surface area (TPSA) is 33.1 Å². The van der Waals surface area contributed by atoms with Crippen molar-refractivity contribution in [2.24, 2.45) is 0 Å². The number of aromatic amines is 1. The number of H-pyrrole nitrogens is 1. The molecule has 0 aliphatic heterocycles. The Labute approximate surface area is 107 Å². The molecule has 0 saturated carbocycles. The van der Waals surface area contributed by atoms with Gasteiger partial charge in [0, 0.05) is 0 Å². The Balaban J connectivity index is 2.14. The van der Waals surface area contributed by atoms with Gasteiger partial charge in [-0.05, 0) is 37.1 Å². The highest BCUT2D eigenvalue weighted by atomic mass is 32.2. The summed E-state index contributed by atoms with van der Waals surface area (Å²) in [7, 11) is 4.35. The molecule has 0 bridgehead atoms. The fourth-order valence-corrected chi connectivity index (χ4v) is 2.71. The zero-order valence-electron chi connectivity index (χ0n) is 10.9. The Hall–Kier alpha value is -1.00. The van der Waals surface area contributed by atoms with E-state index in [1.165, 1.54) is 16.0 Å². The summed E-state index contributed by atoms with van der Waals surface area (Å²) >= 11 is 1.80. The minimum absolute atomic E-state index is 1.03. The lowest BCUT2D eigenvalue weighted by Gasteiger charge is -2.04. The van der Waals surface area contributed by atoms with Crippen molar-refractivity contribution in [3.05, 3.63) is 23.3 Å². The smallest absolute Gasteiger partial charge is 0.166 e. The molecule has 0 radical (unpaired) electrons. The molecule has 0 amide bonds. The summed E-state index contributed by atoms with van der Waals surface area (Å²) in [6.45, 7) is 5.42. The predicted molar refractivity (Wildman–Crippen MR) is 74.0 cm³/mol. The van der Waals surface area contributed by atoms with Gasteiger partial charge in [0.25, 0.3) is 0 Å². The van der Waals surface area contributed by atoms with Crippen LogP contribution in [0.25, 0.3) is 11.0 Å². The third-order valence-corrected chi connectivity index (χ3v) is 3.79. The number of aromatic nitrogens is 2. The minimum atomic E-state index is 1.03. The first-order valence-corrected chi connectivity index (χ1v) is 6.93. The van der Waals surface area contributed by atoms with Crippen LogP contribution in [-0.2, 0) is 0 Å². The van der Waals surface area contributed by atoms with Crippen LogP contribution in [0.2, 0.25) is 0 Å². The van der Waals surface area contributed by atoms with Gasteiger partial charge in [0.1, 0.15) is 0 Å². The average Bonchev–Trinajstić information content (AvgIpc) is 2.60. The van der Waals surface area contributed by atoms with Crippen LogP contribution in [0, 0.1) is 13.8 Å². The Morgan fingerprint density at radius 3 is 2.65 bits per heavy atom. The Bertz CT molecular complexity index is 478. The maximum atomic E-state index is 4.61. The van der Waals surface area contributed by atoms with Crippen LogP contribution in [-0.4, -0.2) is 36.4 Å². The van der Waals surface area contributed by atoms with Gasteiger partial charge >= 0.3 is 0 Å². The van der Waals surface area contributed by atoms with E-state index >= 15 is 0 Å². The molecule has 3 nitrogen and oxygen atoms in total. The van der Waals surface area contributed by atoms with Crippen LogP contribution in [0.1, 0.15) is 11.1 Å². The van der Waals surface area contributed by atoms with Crippen LogP contribution < -0.4 is 4.90 Å². The minimum Gasteiger partial charge on any atom is -0.339 e. The van der Waals surface area contributed by atoms with E-state index in [0.717, 1.165) is 28.5 Å². The van der Waals surface area contributed by atoms with E-state index in [1.807, 2.05) is 0 Å². The first kappa shape index (κ1) is 12.5. The largest absolute Gasteiger partial charge is 0.339 e. The highest BCUT2D eigenvalue weighted by Crippen LogP contribution is 2.21. The van der Waals surface area contributed by atoms with Crippen LogP contribution >= 0.6 is 11.8 Å². The number of benzene rings is 1. The third-order valence-electron chi connectivity index (χ3n) is 2.92. The van der Waals surface area contributed by atoms with Crippen molar-refractivity contribution in [3.63, 3.8) is 0 Å². The maximum absolute atomic E-state index is 4.61. The number of nitrogens with zero attached hydrogens (tertiary/aromatic N) is 1. The molecule has 0 aliphatic carbocycles. The second kappa shape index (κ2) is 5.10. The number of aryl methyl sites for hydroxylation is 2. The fourth-order valence-electron chi connectivity index (χ4n) is 1.67. The van der Waals surface area contributed by atoms with Gasteiger partial charge in [0.05, 0.1) is 37.4 Å². The lowest BCUT2D eigenvalue weighted by atomic mass is 10.1. The van der Waals surface area contributed by atoms with Gasteiger partial charge in [0.2, 0.25) is 0 Å². The van der Waals surface area contributed by atoms with Crippen molar-refractivity contribution in [2.75, 3.05) is 26.4 Å². The molecule has 1 aromatic heterocycles. The summed E-state index contributed by atoms with van der Waals surface area (Å²) in [5.41, 5.74) is 4.84. The first-order valence-electron chi connectivity index (χ1n) is 5.95. The molecule has 2 aromatic rings. The van der Waals surface area contributed by atoms with Gasteiger partial charge in [-0.1, -0.05) is 11.8 Å². The summed E-state index contributed by atoms with van der Waals surface area (Å²) in [4.78, 5) is 9.46. The summed E-state index contributed by atoms with van der Waals surface area (Å²) in [5, 5.41) is 1.03. The standard InChI is InChI=1S/C13H19N3S/c1-9-7-11-12(8-10(9)2)15-13(14-11)17-6-5-16(3)4/h7-8H,5-6H2,1-4H3,(H,14,15)/p+1. The highest BCUT2D eigenvalue weighted by Gasteiger charge is 2.05. The molecular formula is C13H20N3S+. The van der Waals surface area contributed by atoms with E-state index in [-0.39, 0.29) is 0 Å². The molecule has 1 heterocycles. The Morgan fingerprint density at radius 2 is 1.94 bits per heavy atom. The molecule has 92 valence electrons. The highest BCUT2D eigenvalue weighted by molar-refractivity contribution is 7.99. The molecule has 0 fully saturated rings. The number of rotatable bonds is 4. The van der Waals surface area contributed by atoms with E-state index in [0.29, 0.717) is 0 Å². The normalized spacial score (nSPS) is 11.6. The van der Waals surface area contributed by atoms with Gasteiger partial charge in [-0.25, -0.2) is 4.98 Å². The number of imidazole rings is 1. The SMILES string of the molecule is Cc1cc2nc(SCC[NH+](C)C)[nH]c2cc1C. The second-order valence-corrected chi connectivity index (χ2v) is 5.88. The van der Waals surface area contributed by atoms with Gasteiger partial charge in [0.15, 0.2) is 5.16 Å². The lowest BCUT2D eigenvalue weighted by molar-refractivity contribution is -0.855. The molecule has 1 aromatic carbocycles. The lowest BCUT2D eigenvalue weighted by Crippen LogP contribution is -3.06. The van der Waals surface area contributed by atoms with Crippen molar-refractivity contribution in [2.45, 2.75) is 19.0 Å². The number of quaternary nitrogens is 1. The van der Waals surface area contributed by atoms with Crippen molar-refractivity contribution in [1.29, 1.82) is 0 Å². The van der Waals surface area contributed by atoms with Crippen LogP contribution in [0.4, 0.5) is 0 Å². The van der Waals surface area contributed by atoms with Crippen LogP contribution in [0.15, 0.2) is 17.3 Å². The number of hydrogen-bond acceptors (Lipinski definition) is 2. The number of thioether (sulfide) groups is 1. The molecule has 0 atom stereocenters. The van der Waals surface area contributed by atoms with E-state index in [2.05, 4.69) is 50.0 Å². The van der Waals surface area contributed by atoms with Crippen molar-refractivity contribution in [1.82, 2.24) is 9.97 Å². The van der Waals surface area contributed by atoms with E-state index in [4.69, 9.17) is 0 Å². The van der Waals surface area contributed by atoms with Gasteiger partial charge < -0.3 is 9.88 Å². The quantitative estimate of drug-likeness (QED) is 0.805. The van der Waals surface area contributed by atoms with Crippen LogP contribution in [0.5, 0.6) is 0 Å². The molecular weight excluding hydrogens is 230 g/mol. The zero-order chi connectivity index (χ0) is 12.4. The van der Waals surface area contributed by atoms with E-state index in [1.54, 1.807) is 11.8 Å². The maximum Gasteiger partial charge on any atom is 0.166 e. The second-order valence-electron chi connectivity index (χ2n) is 4.80.